The van der Waals surface area contributed by atoms with Gasteiger partial charge >= 0.3 is 0 Å². The van der Waals surface area contributed by atoms with E-state index in [9.17, 15) is 0 Å². The van der Waals surface area contributed by atoms with Crippen LogP contribution in [0.5, 0.6) is 0 Å². The Morgan fingerprint density at radius 1 is 1.38 bits per heavy atom. The molecule has 1 unspecified atom stereocenters. The van der Waals surface area contributed by atoms with Crippen molar-refractivity contribution >= 4 is 0 Å². The highest BCUT2D eigenvalue weighted by atomic mass is 16.6. The van der Waals surface area contributed by atoms with Crippen LogP contribution in [0.1, 0.15) is 24.5 Å². The molecule has 0 amide bonds. The van der Waals surface area contributed by atoms with Crippen LogP contribution in [0.15, 0.2) is 43.0 Å². The molecule has 0 aromatic heterocycles. The molecular formula is C11H15NO. The summed E-state index contributed by atoms with van der Waals surface area (Å²) in [5, 5.41) is 0. The zero-order valence-corrected chi connectivity index (χ0v) is 7.65. The van der Waals surface area contributed by atoms with Crippen LogP contribution in [0.25, 0.3) is 0 Å². The molecular weight excluding hydrogens is 162 g/mol. The van der Waals surface area contributed by atoms with Crippen LogP contribution < -0.4 is 5.90 Å². The highest BCUT2D eigenvalue weighted by Gasteiger charge is 2.08. The molecule has 1 aromatic rings. The first-order chi connectivity index (χ1) is 6.38. The van der Waals surface area contributed by atoms with E-state index < -0.39 is 0 Å². The lowest BCUT2D eigenvalue weighted by Crippen LogP contribution is -2.08. The van der Waals surface area contributed by atoms with Gasteiger partial charge in [0.2, 0.25) is 0 Å². The van der Waals surface area contributed by atoms with E-state index in [2.05, 4.69) is 6.58 Å². The van der Waals surface area contributed by atoms with E-state index in [1.54, 1.807) is 0 Å². The third-order valence-electron chi connectivity index (χ3n) is 1.97. The Bertz CT molecular complexity index is 246. The van der Waals surface area contributed by atoms with Crippen molar-refractivity contribution in [2.75, 3.05) is 0 Å². The average molecular weight is 177 g/mol. The minimum absolute atomic E-state index is 0.0146. The predicted octanol–water partition coefficient (Wildman–Crippen LogP) is 2.58. The first kappa shape index (κ1) is 9.96. The van der Waals surface area contributed by atoms with Crippen molar-refractivity contribution in [1.82, 2.24) is 0 Å². The van der Waals surface area contributed by atoms with Crippen LogP contribution in [0.3, 0.4) is 0 Å². The molecule has 1 aromatic carbocycles. The van der Waals surface area contributed by atoms with E-state index in [1.165, 1.54) is 0 Å². The molecule has 0 aliphatic carbocycles. The van der Waals surface area contributed by atoms with E-state index in [0.29, 0.717) is 0 Å². The SMILES string of the molecule is C=CCCC(ON)c1ccccc1. The minimum Gasteiger partial charge on any atom is -0.297 e. The smallest absolute Gasteiger partial charge is 0.104 e. The second-order valence-corrected chi connectivity index (χ2v) is 2.90. The van der Waals surface area contributed by atoms with Gasteiger partial charge < -0.3 is 0 Å². The second kappa shape index (κ2) is 5.51. The highest BCUT2D eigenvalue weighted by molar-refractivity contribution is 5.17. The zero-order chi connectivity index (χ0) is 9.52. The maximum Gasteiger partial charge on any atom is 0.104 e. The molecule has 0 saturated carbocycles. The summed E-state index contributed by atoms with van der Waals surface area (Å²) in [6.07, 6.45) is 3.65. The van der Waals surface area contributed by atoms with Crippen LogP contribution in [-0.4, -0.2) is 0 Å². The molecule has 0 radical (unpaired) electrons. The number of hydrogen-bond donors (Lipinski definition) is 1. The fourth-order valence-corrected chi connectivity index (χ4v) is 1.25. The fraction of sp³-hybridized carbons (Fsp3) is 0.273. The molecule has 0 bridgehead atoms. The molecule has 0 saturated heterocycles. The van der Waals surface area contributed by atoms with Crippen LogP contribution >= 0.6 is 0 Å². The fourth-order valence-electron chi connectivity index (χ4n) is 1.25. The molecule has 13 heavy (non-hydrogen) atoms. The summed E-state index contributed by atoms with van der Waals surface area (Å²) in [7, 11) is 0. The van der Waals surface area contributed by atoms with Crippen molar-refractivity contribution in [1.29, 1.82) is 0 Å². The van der Waals surface area contributed by atoms with Gasteiger partial charge in [-0.15, -0.1) is 6.58 Å². The topological polar surface area (TPSA) is 35.2 Å². The van der Waals surface area contributed by atoms with Crippen LogP contribution in [0.2, 0.25) is 0 Å². The van der Waals surface area contributed by atoms with E-state index in [0.717, 1.165) is 18.4 Å². The number of rotatable bonds is 5. The summed E-state index contributed by atoms with van der Waals surface area (Å²) in [6.45, 7) is 3.66. The van der Waals surface area contributed by atoms with Gasteiger partial charge in [-0.25, -0.2) is 5.90 Å². The highest BCUT2D eigenvalue weighted by Crippen LogP contribution is 2.20. The van der Waals surface area contributed by atoms with E-state index in [-0.39, 0.29) is 6.10 Å². The van der Waals surface area contributed by atoms with Crippen LogP contribution in [-0.2, 0) is 4.84 Å². The maximum atomic E-state index is 5.21. The van der Waals surface area contributed by atoms with Gasteiger partial charge in [0.1, 0.15) is 6.10 Å². The number of nitrogens with two attached hydrogens (primary N) is 1. The quantitative estimate of drug-likeness (QED) is 0.554. The Kier molecular flexibility index (Phi) is 4.23. The molecule has 2 nitrogen and oxygen atoms in total. The molecule has 0 aliphatic rings. The Balaban J connectivity index is 2.61. The summed E-state index contributed by atoms with van der Waals surface area (Å²) in [5.41, 5.74) is 1.12. The van der Waals surface area contributed by atoms with Gasteiger partial charge in [-0.3, -0.25) is 4.84 Å². The minimum atomic E-state index is -0.0146. The largest absolute Gasteiger partial charge is 0.297 e. The van der Waals surface area contributed by atoms with Crippen molar-refractivity contribution in [3.8, 4) is 0 Å². The van der Waals surface area contributed by atoms with Crippen molar-refractivity contribution in [2.24, 2.45) is 5.90 Å². The summed E-state index contributed by atoms with van der Waals surface area (Å²) in [6, 6.07) is 9.97. The van der Waals surface area contributed by atoms with Crippen molar-refractivity contribution in [3.63, 3.8) is 0 Å². The summed E-state index contributed by atoms with van der Waals surface area (Å²) >= 11 is 0. The van der Waals surface area contributed by atoms with Crippen molar-refractivity contribution in [3.05, 3.63) is 48.6 Å². The average Bonchev–Trinajstić information content (AvgIpc) is 2.21. The number of benzene rings is 1. The standard InChI is InChI=1S/C11H15NO/c1-2-3-9-11(13-12)10-7-5-4-6-8-10/h2,4-8,11H,1,3,9,12H2. The Morgan fingerprint density at radius 2 is 2.08 bits per heavy atom. The van der Waals surface area contributed by atoms with Gasteiger partial charge in [0.25, 0.3) is 0 Å². The first-order valence-electron chi connectivity index (χ1n) is 4.40. The molecule has 1 rings (SSSR count). The first-order valence-corrected chi connectivity index (χ1v) is 4.40. The van der Waals surface area contributed by atoms with Gasteiger partial charge in [-0.2, -0.15) is 0 Å². The lowest BCUT2D eigenvalue weighted by Gasteiger charge is -2.13. The lowest BCUT2D eigenvalue weighted by atomic mass is 10.1. The molecule has 2 heteroatoms. The van der Waals surface area contributed by atoms with Crippen LogP contribution in [0, 0.1) is 0 Å². The van der Waals surface area contributed by atoms with E-state index in [4.69, 9.17) is 10.7 Å². The zero-order valence-electron chi connectivity index (χ0n) is 7.65. The predicted molar refractivity (Wildman–Crippen MR) is 53.9 cm³/mol. The van der Waals surface area contributed by atoms with Gasteiger partial charge in [0, 0.05) is 0 Å². The second-order valence-electron chi connectivity index (χ2n) is 2.90. The van der Waals surface area contributed by atoms with E-state index >= 15 is 0 Å². The van der Waals surface area contributed by atoms with Gasteiger partial charge in [-0.1, -0.05) is 36.4 Å². The molecule has 0 aliphatic heterocycles. The van der Waals surface area contributed by atoms with Gasteiger partial charge in [0.15, 0.2) is 0 Å². The normalized spacial score (nSPS) is 12.4. The Labute approximate surface area is 79.0 Å². The summed E-state index contributed by atoms with van der Waals surface area (Å²) in [5.74, 6) is 5.21. The Morgan fingerprint density at radius 3 is 2.62 bits per heavy atom. The molecule has 0 heterocycles. The van der Waals surface area contributed by atoms with Crippen molar-refractivity contribution < 1.29 is 4.84 Å². The molecule has 70 valence electrons. The third-order valence-corrected chi connectivity index (χ3v) is 1.97. The number of hydrogen-bond acceptors (Lipinski definition) is 2. The summed E-state index contributed by atoms with van der Waals surface area (Å²) < 4.78 is 0. The Hall–Kier alpha value is -1.12. The van der Waals surface area contributed by atoms with E-state index in [1.807, 2.05) is 36.4 Å². The van der Waals surface area contributed by atoms with Crippen molar-refractivity contribution in [2.45, 2.75) is 18.9 Å². The third kappa shape index (κ3) is 3.01. The summed E-state index contributed by atoms with van der Waals surface area (Å²) in [4.78, 5) is 4.89. The monoisotopic (exact) mass is 177 g/mol. The molecule has 0 fully saturated rings. The lowest BCUT2D eigenvalue weighted by molar-refractivity contribution is 0.0472. The van der Waals surface area contributed by atoms with Crippen LogP contribution in [0.4, 0.5) is 0 Å². The maximum absolute atomic E-state index is 5.21. The molecule has 0 spiro atoms. The van der Waals surface area contributed by atoms with Gasteiger partial charge in [0.05, 0.1) is 0 Å². The van der Waals surface area contributed by atoms with Gasteiger partial charge in [-0.05, 0) is 18.4 Å². The molecule has 1 atom stereocenters. The number of allylic oxidation sites excluding steroid dienone is 1. The molecule has 2 N–H and O–H groups in total.